The quantitative estimate of drug-likeness (QED) is 0.625. The van der Waals surface area contributed by atoms with Gasteiger partial charge in [0, 0.05) is 11.1 Å². The van der Waals surface area contributed by atoms with Crippen molar-refractivity contribution in [2.75, 3.05) is 11.9 Å². The molecule has 2 atom stereocenters. The predicted octanol–water partition coefficient (Wildman–Crippen LogP) is 1.69. The van der Waals surface area contributed by atoms with Crippen molar-refractivity contribution < 1.29 is 0 Å². The lowest BCUT2D eigenvalue weighted by Crippen LogP contribution is -2.38. The number of benzene rings is 1. The fourth-order valence-corrected chi connectivity index (χ4v) is 2.61. The summed E-state index contributed by atoms with van der Waals surface area (Å²) < 4.78 is 0. The molecule has 2 nitrogen and oxygen atoms in total. The number of hydrogen-bond acceptors (Lipinski definition) is 2. The minimum Gasteiger partial charge on any atom is -0.369 e. The molecule has 2 heterocycles. The SMILES string of the molecule is C[C@@]12CCNC1Nc1ccccc12. The molecule has 3 rings (SSSR count). The van der Waals surface area contributed by atoms with E-state index in [4.69, 9.17) is 0 Å². The van der Waals surface area contributed by atoms with Gasteiger partial charge in [0.25, 0.3) is 0 Å². The molecule has 1 aromatic rings. The van der Waals surface area contributed by atoms with Gasteiger partial charge in [-0.3, -0.25) is 5.32 Å². The molecule has 2 aliphatic heterocycles. The molecule has 2 heteroatoms. The highest BCUT2D eigenvalue weighted by Gasteiger charge is 2.45. The maximum Gasteiger partial charge on any atom is 0.0865 e. The van der Waals surface area contributed by atoms with Crippen LogP contribution in [0, 0.1) is 0 Å². The zero-order chi connectivity index (χ0) is 8.89. The van der Waals surface area contributed by atoms with Crippen LogP contribution in [0.15, 0.2) is 24.3 Å². The largest absolute Gasteiger partial charge is 0.369 e. The summed E-state index contributed by atoms with van der Waals surface area (Å²) in [5, 5.41) is 7.02. The summed E-state index contributed by atoms with van der Waals surface area (Å²) in [6.45, 7) is 3.47. The van der Waals surface area contributed by atoms with E-state index in [-0.39, 0.29) is 0 Å². The van der Waals surface area contributed by atoms with Crippen LogP contribution < -0.4 is 10.6 Å². The van der Waals surface area contributed by atoms with Gasteiger partial charge in [0.05, 0.1) is 6.17 Å². The second kappa shape index (κ2) is 2.26. The summed E-state index contributed by atoms with van der Waals surface area (Å²) in [7, 11) is 0. The lowest BCUT2D eigenvalue weighted by atomic mass is 9.82. The van der Waals surface area contributed by atoms with Crippen LogP contribution >= 0.6 is 0 Å². The Morgan fingerprint density at radius 2 is 2.23 bits per heavy atom. The minimum atomic E-state index is 0.316. The molecule has 1 unspecified atom stereocenters. The lowest BCUT2D eigenvalue weighted by molar-refractivity contribution is 0.463. The molecule has 2 aliphatic rings. The Morgan fingerprint density at radius 3 is 3.15 bits per heavy atom. The smallest absolute Gasteiger partial charge is 0.0865 e. The van der Waals surface area contributed by atoms with E-state index in [2.05, 4.69) is 41.8 Å². The molecule has 0 spiro atoms. The second-order valence-electron chi connectivity index (χ2n) is 4.24. The van der Waals surface area contributed by atoms with Crippen LogP contribution in [-0.2, 0) is 5.41 Å². The Kier molecular flexibility index (Phi) is 1.29. The summed E-state index contributed by atoms with van der Waals surface area (Å²) in [4.78, 5) is 0. The molecule has 0 aliphatic carbocycles. The average Bonchev–Trinajstić information content (AvgIpc) is 2.60. The first-order valence-electron chi connectivity index (χ1n) is 4.90. The van der Waals surface area contributed by atoms with Gasteiger partial charge in [-0.15, -0.1) is 0 Å². The fourth-order valence-electron chi connectivity index (χ4n) is 2.61. The first-order valence-corrected chi connectivity index (χ1v) is 4.90. The Hall–Kier alpha value is -1.02. The van der Waals surface area contributed by atoms with E-state index in [9.17, 15) is 0 Å². The fraction of sp³-hybridized carbons (Fsp3) is 0.455. The highest BCUT2D eigenvalue weighted by atomic mass is 15.2. The van der Waals surface area contributed by atoms with E-state index in [0.29, 0.717) is 11.6 Å². The van der Waals surface area contributed by atoms with Crippen LogP contribution in [0.3, 0.4) is 0 Å². The van der Waals surface area contributed by atoms with E-state index >= 15 is 0 Å². The zero-order valence-corrected chi connectivity index (χ0v) is 7.80. The van der Waals surface area contributed by atoms with E-state index < -0.39 is 0 Å². The van der Waals surface area contributed by atoms with Gasteiger partial charge >= 0.3 is 0 Å². The summed E-state index contributed by atoms with van der Waals surface area (Å²) in [5.41, 5.74) is 3.10. The number of fused-ring (bicyclic) bond motifs is 3. The maximum absolute atomic E-state index is 3.53. The van der Waals surface area contributed by atoms with Crippen LogP contribution in [0.1, 0.15) is 18.9 Å². The number of anilines is 1. The molecule has 0 radical (unpaired) electrons. The van der Waals surface area contributed by atoms with Crippen molar-refractivity contribution >= 4 is 5.69 Å². The Labute approximate surface area is 78.3 Å². The number of rotatable bonds is 0. The van der Waals surface area contributed by atoms with E-state index in [1.807, 2.05) is 0 Å². The summed E-state index contributed by atoms with van der Waals surface area (Å²) >= 11 is 0. The monoisotopic (exact) mass is 174 g/mol. The third kappa shape index (κ3) is 0.814. The van der Waals surface area contributed by atoms with Crippen molar-refractivity contribution in [2.24, 2.45) is 0 Å². The first-order chi connectivity index (χ1) is 6.31. The molecular formula is C11H14N2. The molecular weight excluding hydrogens is 160 g/mol. The molecule has 2 N–H and O–H groups in total. The van der Waals surface area contributed by atoms with Crippen molar-refractivity contribution in [1.29, 1.82) is 0 Å². The molecule has 1 saturated heterocycles. The summed E-state index contributed by atoms with van der Waals surface area (Å²) in [5.74, 6) is 0. The standard InChI is InChI=1S/C11H14N2/c1-11-6-7-12-10(11)13-9-5-3-2-4-8(9)11/h2-5,10,12-13H,6-7H2,1H3/t10?,11-/m0/s1. The highest BCUT2D eigenvalue weighted by molar-refractivity contribution is 5.62. The molecule has 68 valence electrons. The lowest BCUT2D eigenvalue weighted by Gasteiger charge is -2.23. The molecule has 0 bridgehead atoms. The van der Waals surface area contributed by atoms with Crippen LogP contribution in [0.5, 0.6) is 0 Å². The minimum absolute atomic E-state index is 0.316. The van der Waals surface area contributed by atoms with Crippen LogP contribution in [0.2, 0.25) is 0 Å². The molecule has 0 amide bonds. The summed E-state index contributed by atoms with van der Waals surface area (Å²) in [6, 6.07) is 8.64. The van der Waals surface area contributed by atoms with Crippen LogP contribution in [0.25, 0.3) is 0 Å². The Balaban J connectivity index is 2.17. The third-order valence-electron chi connectivity index (χ3n) is 3.47. The zero-order valence-electron chi connectivity index (χ0n) is 7.80. The van der Waals surface area contributed by atoms with Crippen molar-refractivity contribution in [2.45, 2.75) is 24.9 Å². The van der Waals surface area contributed by atoms with Crippen molar-refractivity contribution in [3.63, 3.8) is 0 Å². The Morgan fingerprint density at radius 1 is 1.38 bits per heavy atom. The van der Waals surface area contributed by atoms with Gasteiger partial charge < -0.3 is 5.32 Å². The molecule has 13 heavy (non-hydrogen) atoms. The molecule has 1 fully saturated rings. The van der Waals surface area contributed by atoms with Gasteiger partial charge in [-0.25, -0.2) is 0 Å². The van der Waals surface area contributed by atoms with Gasteiger partial charge in [-0.05, 0) is 24.6 Å². The van der Waals surface area contributed by atoms with E-state index in [1.54, 1.807) is 0 Å². The molecule has 0 saturated carbocycles. The summed E-state index contributed by atoms with van der Waals surface area (Å²) in [6.07, 6.45) is 1.69. The second-order valence-corrected chi connectivity index (χ2v) is 4.24. The van der Waals surface area contributed by atoms with Gasteiger partial charge in [0.1, 0.15) is 0 Å². The Bertz CT molecular complexity index is 348. The third-order valence-corrected chi connectivity index (χ3v) is 3.47. The van der Waals surface area contributed by atoms with E-state index in [1.165, 1.54) is 17.7 Å². The number of hydrogen-bond donors (Lipinski definition) is 2. The van der Waals surface area contributed by atoms with Gasteiger partial charge in [0.15, 0.2) is 0 Å². The number of para-hydroxylation sites is 1. The van der Waals surface area contributed by atoms with Crippen molar-refractivity contribution in [1.82, 2.24) is 5.32 Å². The predicted molar refractivity (Wildman–Crippen MR) is 53.8 cm³/mol. The topological polar surface area (TPSA) is 24.1 Å². The number of nitrogens with one attached hydrogen (secondary N) is 2. The van der Waals surface area contributed by atoms with Gasteiger partial charge in [-0.2, -0.15) is 0 Å². The van der Waals surface area contributed by atoms with Gasteiger partial charge in [0.2, 0.25) is 0 Å². The van der Waals surface area contributed by atoms with Crippen LogP contribution in [0.4, 0.5) is 5.69 Å². The molecule has 0 aromatic heterocycles. The van der Waals surface area contributed by atoms with E-state index in [0.717, 1.165) is 6.54 Å². The molecule has 1 aromatic carbocycles. The van der Waals surface area contributed by atoms with Crippen molar-refractivity contribution in [3.05, 3.63) is 29.8 Å². The maximum atomic E-state index is 3.53. The highest BCUT2D eigenvalue weighted by Crippen LogP contribution is 2.44. The van der Waals surface area contributed by atoms with Crippen molar-refractivity contribution in [3.8, 4) is 0 Å². The van der Waals surface area contributed by atoms with Gasteiger partial charge in [-0.1, -0.05) is 25.1 Å². The first kappa shape index (κ1) is 7.39. The van der Waals surface area contributed by atoms with Crippen LogP contribution in [-0.4, -0.2) is 12.7 Å². The average molecular weight is 174 g/mol. The normalized spacial score (nSPS) is 35.3.